The number of aliphatic hydroxyl groups excluding tert-OH is 1. The third kappa shape index (κ3) is 3.75. The summed E-state index contributed by atoms with van der Waals surface area (Å²) in [4.78, 5) is 1.81. The SMILES string of the molecule is CN(C)CC(O)CNc1cccc(F)c1F. The predicted molar refractivity (Wildman–Crippen MR) is 59.4 cm³/mol. The Morgan fingerprint density at radius 1 is 1.38 bits per heavy atom. The normalized spacial score (nSPS) is 12.9. The first-order valence-corrected chi connectivity index (χ1v) is 5.01. The maximum absolute atomic E-state index is 13.2. The third-order valence-electron chi connectivity index (χ3n) is 2.06. The molecule has 0 amide bonds. The Morgan fingerprint density at radius 3 is 2.69 bits per heavy atom. The molecule has 0 fully saturated rings. The average Bonchev–Trinajstić information content (AvgIpc) is 2.19. The minimum absolute atomic E-state index is 0.0674. The zero-order valence-corrected chi connectivity index (χ0v) is 9.37. The molecule has 0 heterocycles. The zero-order chi connectivity index (χ0) is 12.1. The molecular weight excluding hydrogens is 214 g/mol. The number of benzene rings is 1. The molecule has 1 aromatic carbocycles. The Bertz CT molecular complexity index is 345. The van der Waals surface area contributed by atoms with Gasteiger partial charge < -0.3 is 15.3 Å². The highest BCUT2D eigenvalue weighted by Gasteiger charge is 2.09. The first-order chi connectivity index (χ1) is 7.50. The lowest BCUT2D eigenvalue weighted by molar-refractivity contribution is 0.148. The molecule has 16 heavy (non-hydrogen) atoms. The highest BCUT2D eigenvalue weighted by molar-refractivity contribution is 5.44. The number of nitrogens with zero attached hydrogens (tertiary/aromatic N) is 1. The first kappa shape index (κ1) is 12.9. The third-order valence-corrected chi connectivity index (χ3v) is 2.06. The number of hydrogen-bond donors (Lipinski definition) is 2. The average molecular weight is 230 g/mol. The molecule has 1 atom stereocenters. The molecule has 0 saturated carbocycles. The molecule has 0 spiro atoms. The largest absolute Gasteiger partial charge is 0.390 e. The summed E-state index contributed by atoms with van der Waals surface area (Å²) in [7, 11) is 3.65. The lowest BCUT2D eigenvalue weighted by atomic mass is 10.2. The van der Waals surface area contributed by atoms with E-state index in [4.69, 9.17) is 0 Å². The van der Waals surface area contributed by atoms with Crippen LogP contribution in [0.3, 0.4) is 0 Å². The van der Waals surface area contributed by atoms with Crippen molar-refractivity contribution in [3.05, 3.63) is 29.8 Å². The lowest BCUT2D eigenvalue weighted by Gasteiger charge is -2.17. The first-order valence-electron chi connectivity index (χ1n) is 5.01. The molecular formula is C11H16F2N2O. The van der Waals surface area contributed by atoms with E-state index in [2.05, 4.69) is 5.32 Å². The molecule has 1 unspecified atom stereocenters. The van der Waals surface area contributed by atoms with Gasteiger partial charge in [-0.2, -0.15) is 0 Å². The van der Waals surface area contributed by atoms with Crippen molar-refractivity contribution in [2.75, 3.05) is 32.5 Å². The molecule has 0 aliphatic rings. The smallest absolute Gasteiger partial charge is 0.181 e. The Balaban J connectivity index is 2.51. The summed E-state index contributed by atoms with van der Waals surface area (Å²) in [5, 5.41) is 12.2. The molecule has 90 valence electrons. The second kappa shape index (κ2) is 5.77. The van der Waals surface area contributed by atoms with E-state index in [0.29, 0.717) is 6.54 Å². The van der Waals surface area contributed by atoms with Gasteiger partial charge in [-0.1, -0.05) is 6.07 Å². The quantitative estimate of drug-likeness (QED) is 0.800. The molecule has 0 saturated heterocycles. The van der Waals surface area contributed by atoms with Crippen LogP contribution in [0.15, 0.2) is 18.2 Å². The summed E-state index contributed by atoms with van der Waals surface area (Å²) >= 11 is 0. The fraction of sp³-hybridized carbons (Fsp3) is 0.455. The van der Waals surface area contributed by atoms with E-state index in [1.807, 2.05) is 19.0 Å². The molecule has 5 heteroatoms. The van der Waals surface area contributed by atoms with Crippen LogP contribution in [0, 0.1) is 11.6 Å². The molecule has 0 bridgehead atoms. The summed E-state index contributed by atoms with van der Waals surface area (Å²) in [5.41, 5.74) is 0.0674. The maximum Gasteiger partial charge on any atom is 0.181 e. The Kier molecular flexibility index (Phi) is 4.64. The van der Waals surface area contributed by atoms with Gasteiger partial charge in [0.15, 0.2) is 11.6 Å². The molecule has 1 aromatic rings. The number of halogens is 2. The van der Waals surface area contributed by atoms with Crippen molar-refractivity contribution in [2.45, 2.75) is 6.10 Å². The maximum atomic E-state index is 13.2. The minimum atomic E-state index is -0.917. The number of anilines is 1. The Hall–Kier alpha value is -1.20. The summed E-state index contributed by atoms with van der Waals surface area (Å²) in [6, 6.07) is 3.90. The van der Waals surface area contributed by atoms with E-state index in [1.54, 1.807) is 0 Å². The van der Waals surface area contributed by atoms with E-state index in [0.717, 1.165) is 6.07 Å². The van der Waals surface area contributed by atoms with Gasteiger partial charge in [-0.25, -0.2) is 8.78 Å². The van der Waals surface area contributed by atoms with E-state index >= 15 is 0 Å². The van der Waals surface area contributed by atoms with Crippen molar-refractivity contribution in [1.82, 2.24) is 4.90 Å². The van der Waals surface area contributed by atoms with Crippen LogP contribution in [0.25, 0.3) is 0 Å². The second-order valence-electron chi connectivity index (χ2n) is 3.90. The van der Waals surface area contributed by atoms with Crippen molar-refractivity contribution in [1.29, 1.82) is 0 Å². The highest BCUT2D eigenvalue weighted by Crippen LogP contribution is 2.16. The van der Waals surface area contributed by atoms with Gasteiger partial charge in [-0.3, -0.25) is 0 Å². The number of rotatable bonds is 5. The van der Waals surface area contributed by atoms with Gasteiger partial charge in [0.25, 0.3) is 0 Å². The van der Waals surface area contributed by atoms with Crippen molar-refractivity contribution < 1.29 is 13.9 Å². The van der Waals surface area contributed by atoms with Gasteiger partial charge in [0.05, 0.1) is 11.8 Å². The van der Waals surface area contributed by atoms with Crippen molar-refractivity contribution >= 4 is 5.69 Å². The van der Waals surface area contributed by atoms with Crippen LogP contribution in [-0.4, -0.2) is 43.3 Å². The van der Waals surface area contributed by atoms with Crippen molar-refractivity contribution in [3.8, 4) is 0 Å². The van der Waals surface area contributed by atoms with Gasteiger partial charge >= 0.3 is 0 Å². The summed E-state index contributed by atoms with van der Waals surface area (Å²) in [6.45, 7) is 0.641. The Morgan fingerprint density at radius 2 is 2.06 bits per heavy atom. The Labute approximate surface area is 93.7 Å². The van der Waals surface area contributed by atoms with Gasteiger partial charge in [0.1, 0.15) is 0 Å². The lowest BCUT2D eigenvalue weighted by Crippen LogP contribution is -2.31. The number of hydrogen-bond acceptors (Lipinski definition) is 3. The highest BCUT2D eigenvalue weighted by atomic mass is 19.2. The van der Waals surface area contributed by atoms with E-state index in [9.17, 15) is 13.9 Å². The second-order valence-corrected chi connectivity index (χ2v) is 3.90. The van der Waals surface area contributed by atoms with Crippen LogP contribution >= 0.6 is 0 Å². The predicted octanol–water partition coefficient (Wildman–Crippen LogP) is 1.30. The van der Waals surface area contributed by atoms with Crippen LogP contribution in [0.4, 0.5) is 14.5 Å². The molecule has 0 aliphatic carbocycles. The van der Waals surface area contributed by atoms with E-state index in [1.165, 1.54) is 12.1 Å². The number of nitrogens with one attached hydrogen (secondary N) is 1. The molecule has 0 aliphatic heterocycles. The van der Waals surface area contributed by atoms with Crippen LogP contribution in [0.5, 0.6) is 0 Å². The van der Waals surface area contributed by atoms with Crippen LogP contribution < -0.4 is 5.32 Å². The van der Waals surface area contributed by atoms with E-state index < -0.39 is 17.7 Å². The summed E-state index contributed by atoms with van der Waals surface area (Å²) in [5.74, 6) is -1.81. The van der Waals surface area contributed by atoms with Gasteiger partial charge in [-0.15, -0.1) is 0 Å². The topological polar surface area (TPSA) is 35.5 Å². The van der Waals surface area contributed by atoms with Gasteiger partial charge in [0, 0.05) is 13.1 Å². The van der Waals surface area contributed by atoms with Crippen molar-refractivity contribution in [2.24, 2.45) is 0 Å². The zero-order valence-electron chi connectivity index (χ0n) is 9.37. The molecule has 0 radical (unpaired) electrons. The fourth-order valence-electron chi connectivity index (χ4n) is 1.35. The molecule has 0 aromatic heterocycles. The standard InChI is InChI=1S/C11H16F2N2O/c1-15(2)7-8(16)6-14-10-5-3-4-9(12)11(10)13/h3-5,8,14,16H,6-7H2,1-2H3. The monoisotopic (exact) mass is 230 g/mol. The van der Waals surface area contributed by atoms with Crippen molar-refractivity contribution in [3.63, 3.8) is 0 Å². The summed E-state index contributed by atoms with van der Waals surface area (Å²) in [6.07, 6.45) is -0.627. The number of aliphatic hydroxyl groups is 1. The van der Waals surface area contributed by atoms with Gasteiger partial charge in [-0.05, 0) is 26.2 Å². The van der Waals surface area contributed by atoms with Gasteiger partial charge in [0.2, 0.25) is 0 Å². The fourth-order valence-corrected chi connectivity index (χ4v) is 1.35. The number of likely N-dealkylation sites (N-methyl/N-ethyl adjacent to an activating group) is 1. The van der Waals surface area contributed by atoms with Crippen LogP contribution in [0.2, 0.25) is 0 Å². The molecule has 1 rings (SSSR count). The van der Waals surface area contributed by atoms with Crippen LogP contribution in [0.1, 0.15) is 0 Å². The summed E-state index contributed by atoms with van der Waals surface area (Å²) < 4.78 is 26.0. The van der Waals surface area contributed by atoms with Crippen LogP contribution in [-0.2, 0) is 0 Å². The molecule has 3 nitrogen and oxygen atoms in total. The minimum Gasteiger partial charge on any atom is -0.390 e. The van der Waals surface area contributed by atoms with E-state index in [-0.39, 0.29) is 12.2 Å². The molecule has 2 N–H and O–H groups in total.